The lowest BCUT2D eigenvalue weighted by Crippen LogP contribution is -2.50. The minimum atomic E-state index is 0.191. The van der Waals surface area contributed by atoms with E-state index < -0.39 is 0 Å². The highest BCUT2D eigenvalue weighted by molar-refractivity contribution is 5.78. The van der Waals surface area contributed by atoms with Gasteiger partial charge in [0.25, 0.3) is 0 Å². The number of likely N-dealkylation sites (N-methyl/N-ethyl adjacent to an activating group) is 1. The van der Waals surface area contributed by atoms with Gasteiger partial charge < -0.3 is 14.4 Å². The molecule has 1 amide bonds. The Kier molecular flexibility index (Phi) is 8.32. The number of hydrogen-bond acceptors (Lipinski definition) is 5. The zero-order valence-corrected chi connectivity index (χ0v) is 19.3. The molecule has 1 aliphatic heterocycles. The first kappa shape index (κ1) is 23.1. The maximum atomic E-state index is 12.8. The molecular weight excluding hydrogens is 390 g/mol. The van der Waals surface area contributed by atoms with E-state index in [4.69, 9.17) is 9.47 Å². The van der Waals surface area contributed by atoms with Gasteiger partial charge in [-0.3, -0.25) is 14.6 Å². The van der Waals surface area contributed by atoms with Gasteiger partial charge in [0.2, 0.25) is 5.91 Å². The van der Waals surface area contributed by atoms with Crippen LogP contribution in [0.2, 0.25) is 0 Å². The van der Waals surface area contributed by atoms with Gasteiger partial charge in [-0.05, 0) is 49.7 Å². The molecule has 0 unspecified atom stereocenters. The van der Waals surface area contributed by atoms with E-state index in [1.807, 2.05) is 37.1 Å². The van der Waals surface area contributed by atoms with Crippen molar-refractivity contribution in [1.82, 2.24) is 14.7 Å². The predicted octanol–water partition coefficient (Wildman–Crippen LogP) is 3.18. The maximum absolute atomic E-state index is 12.8. The summed E-state index contributed by atoms with van der Waals surface area (Å²) in [6, 6.07) is 14.5. The van der Waals surface area contributed by atoms with Crippen molar-refractivity contribution in [3.8, 4) is 11.5 Å². The Morgan fingerprint density at radius 3 is 2.48 bits per heavy atom. The van der Waals surface area contributed by atoms with Crippen LogP contribution in [0.3, 0.4) is 0 Å². The monoisotopic (exact) mass is 425 g/mol. The van der Waals surface area contributed by atoms with Crippen LogP contribution in [-0.2, 0) is 17.9 Å². The number of methoxy groups -OCH3 is 1. The molecule has 0 spiro atoms. The molecule has 6 nitrogen and oxygen atoms in total. The Bertz CT molecular complexity index is 863. The molecule has 168 valence electrons. The zero-order chi connectivity index (χ0) is 22.2. The maximum Gasteiger partial charge on any atom is 0.236 e. The Labute approximate surface area is 186 Å². The third-order valence-electron chi connectivity index (χ3n) is 5.77. The first-order valence-electron chi connectivity index (χ1n) is 11.0. The molecular formula is C25H35N3O3. The van der Waals surface area contributed by atoms with Gasteiger partial charge in [0, 0.05) is 39.3 Å². The summed E-state index contributed by atoms with van der Waals surface area (Å²) in [5.74, 6) is 1.66. The summed E-state index contributed by atoms with van der Waals surface area (Å²) in [4.78, 5) is 19.3. The quantitative estimate of drug-likeness (QED) is 0.618. The van der Waals surface area contributed by atoms with Crippen molar-refractivity contribution in [3.63, 3.8) is 0 Å². The first-order valence-corrected chi connectivity index (χ1v) is 11.0. The Morgan fingerprint density at radius 1 is 1.06 bits per heavy atom. The van der Waals surface area contributed by atoms with Crippen molar-refractivity contribution in [2.75, 3.05) is 53.5 Å². The number of rotatable bonds is 9. The summed E-state index contributed by atoms with van der Waals surface area (Å²) < 4.78 is 11.0. The fraction of sp³-hybridized carbons (Fsp3) is 0.480. The van der Waals surface area contributed by atoms with Gasteiger partial charge in [-0.15, -0.1) is 0 Å². The van der Waals surface area contributed by atoms with Crippen molar-refractivity contribution >= 4 is 5.91 Å². The van der Waals surface area contributed by atoms with Crippen molar-refractivity contribution in [1.29, 1.82) is 0 Å². The zero-order valence-electron chi connectivity index (χ0n) is 19.3. The average molecular weight is 426 g/mol. The summed E-state index contributed by atoms with van der Waals surface area (Å²) in [6.07, 6.45) is 0. The van der Waals surface area contributed by atoms with E-state index >= 15 is 0 Å². The van der Waals surface area contributed by atoms with Crippen LogP contribution in [0.4, 0.5) is 0 Å². The van der Waals surface area contributed by atoms with E-state index in [2.05, 4.69) is 41.0 Å². The van der Waals surface area contributed by atoms with Crippen molar-refractivity contribution in [3.05, 3.63) is 59.2 Å². The number of benzene rings is 2. The fourth-order valence-corrected chi connectivity index (χ4v) is 3.97. The Morgan fingerprint density at radius 2 is 1.81 bits per heavy atom. The van der Waals surface area contributed by atoms with E-state index in [1.165, 1.54) is 11.1 Å². The summed E-state index contributed by atoms with van der Waals surface area (Å²) in [5.41, 5.74) is 3.79. The average Bonchev–Trinajstić information content (AvgIpc) is 2.77. The second-order valence-electron chi connectivity index (χ2n) is 8.17. The summed E-state index contributed by atoms with van der Waals surface area (Å²) in [7, 11) is 3.63. The van der Waals surface area contributed by atoms with E-state index in [9.17, 15) is 4.79 Å². The fourth-order valence-electron chi connectivity index (χ4n) is 3.97. The van der Waals surface area contributed by atoms with Gasteiger partial charge in [-0.25, -0.2) is 0 Å². The Balaban J connectivity index is 1.47. The van der Waals surface area contributed by atoms with Crippen LogP contribution < -0.4 is 9.47 Å². The second-order valence-corrected chi connectivity index (χ2v) is 8.17. The molecule has 2 aromatic rings. The van der Waals surface area contributed by atoms with Crippen molar-refractivity contribution in [2.45, 2.75) is 26.9 Å². The normalized spacial score (nSPS) is 14.7. The van der Waals surface area contributed by atoms with Gasteiger partial charge in [-0.2, -0.15) is 0 Å². The number of amides is 1. The molecule has 0 bridgehead atoms. The predicted molar refractivity (Wildman–Crippen MR) is 124 cm³/mol. The van der Waals surface area contributed by atoms with Crippen LogP contribution in [0, 0.1) is 6.92 Å². The summed E-state index contributed by atoms with van der Waals surface area (Å²) in [5, 5.41) is 0. The molecule has 2 aromatic carbocycles. The van der Waals surface area contributed by atoms with Crippen LogP contribution in [0.15, 0.2) is 42.5 Å². The molecule has 0 radical (unpaired) electrons. The number of aryl methyl sites for hydroxylation is 1. The molecule has 0 N–H and O–H groups in total. The van der Waals surface area contributed by atoms with Crippen molar-refractivity contribution < 1.29 is 14.3 Å². The van der Waals surface area contributed by atoms with Crippen LogP contribution in [-0.4, -0.2) is 74.1 Å². The molecule has 0 atom stereocenters. The molecule has 0 aliphatic carbocycles. The van der Waals surface area contributed by atoms with Crippen LogP contribution in [0.1, 0.15) is 23.6 Å². The number of nitrogens with zero attached hydrogens (tertiary/aromatic N) is 3. The largest absolute Gasteiger partial charge is 0.493 e. The van der Waals surface area contributed by atoms with E-state index in [0.29, 0.717) is 19.7 Å². The number of hydrogen-bond donors (Lipinski definition) is 0. The molecule has 3 rings (SSSR count). The van der Waals surface area contributed by atoms with Gasteiger partial charge in [0.05, 0.1) is 20.3 Å². The lowest BCUT2D eigenvalue weighted by Gasteiger charge is -2.35. The Hall–Kier alpha value is -2.57. The smallest absolute Gasteiger partial charge is 0.236 e. The number of carbonyl (C=O) groups is 1. The van der Waals surface area contributed by atoms with Crippen LogP contribution >= 0.6 is 0 Å². The molecule has 1 heterocycles. The number of piperazine rings is 1. The van der Waals surface area contributed by atoms with Gasteiger partial charge >= 0.3 is 0 Å². The van der Waals surface area contributed by atoms with Gasteiger partial charge in [0.1, 0.15) is 0 Å². The SMILES string of the molecule is CCOc1ccc(CN(C)CC(=O)N2CCN(Cc3ccccc3C)CC2)cc1OC. The highest BCUT2D eigenvalue weighted by Crippen LogP contribution is 2.28. The molecule has 0 saturated carbocycles. The summed E-state index contributed by atoms with van der Waals surface area (Å²) >= 11 is 0. The molecule has 0 aromatic heterocycles. The topological polar surface area (TPSA) is 45.2 Å². The van der Waals surface area contributed by atoms with Crippen LogP contribution in [0.5, 0.6) is 11.5 Å². The van der Waals surface area contributed by atoms with E-state index in [1.54, 1.807) is 7.11 Å². The molecule has 1 saturated heterocycles. The molecule has 1 aliphatic rings. The van der Waals surface area contributed by atoms with Gasteiger partial charge in [0.15, 0.2) is 11.5 Å². The lowest BCUT2D eigenvalue weighted by atomic mass is 10.1. The molecule has 31 heavy (non-hydrogen) atoms. The highest BCUT2D eigenvalue weighted by atomic mass is 16.5. The third-order valence-corrected chi connectivity index (χ3v) is 5.77. The van der Waals surface area contributed by atoms with E-state index in [-0.39, 0.29) is 5.91 Å². The van der Waals surface area contributed by atoms with E-state index in [0.717, 1.165) is 49.8 Å². The highest BCUT2D eigenvalue weighted by Gasteiger charge is 2.22. The standard InChI is InChI=1S/C25H35N3O3/c1-5-31-23-11-10-21(16-24(23)30-4)17-26(3)19-25(29)28-14-12-27(13-15-28)18-22-9-7-6-8-20(22)2/h6-11,16H,5,12-15,17-19H2,1-4H3. The van der Waals surface area contributed by atoms with Crippen molar-refractivity contribution in [2.24, 2.45) is 0 Å². The first-order chi connectivity index (χ1) is 15.0. The number of carbonyl (C=O) groups excluding carboxylic acids is 1. The second kappa shape index (κ2) is 11.2. The summed E-state index contributed by atoms with van der Waals surface area (Å²) in [6.45, 7) is 10.2. The third kappa shape index (κ3) is 6.45. The minimum Gasteiger partial charge on any atom is -0.493 e. The number of ether oxygens (including phenoxy) is 2. The van der Waals surface area contributed by atoms with Gasteiger partial charge in [-0.1, -0.05) is 30.3 Å². The van der Waals surface area contributed by atoms with Crippen LogP contribution in [0.25, 0.3) is 0 Å². The minimum absolute atomic E-state index is 0.191. The molecule has 6 heteroatoms. The lowest BCUT2D eigenvalue weighted by molar-refractivity contribution is -0.134. The molecule has 1 fully saturated rings.